The van der Waals surface area contributed by atoms with Gasteiger partial charge in [0.1, 0.15) is 0 Å². The van der Waals surface area contributed by atoms with Crippen molar-refractivity contribution in [3.8, 4) is 0 Å². The topological polar surface area (TPSA) is 67.4 Å². The van der Waals surface area contributed by atoms with Crippen LogP contribution in [0.15, 0.2) is 54.6 Å². The first-order valence-electron chi connectivity index (χ1n) is 8.47. The fraction of sp³-hybridized carbons (Fsp3) is 0.300. The Hall–Kier alpha value is -2.82. The molecule has 0 unspecified atom stereocenters. The zero-order valence-electron chi connectivity index (χ0n) is 14.5. The summed E-state index contributed by atoms with van der Waals surface area (Å²) in [5.41, 5.74) is 2.32. The van der Waals surface area contributed by atoms with Gasteiger partial charge >= 0.3 is 5.97 Å². The summed E-state index contributed by atoms with van der Waals surface area (Å²) < 4.78 is 4.60. The highest BCUT2D eigenvalue weighted by molar-refractivity contribution is 6.00. The molecule has 5 heteroatoms. The molecule has 0 aliphatic heterocycles. The number of hydrogen-bond acceptors (Lipinski definition) is 4. The normalized spacial score (nSPS) is 10.1. The number of benzene rings is 2. The molecule has 0 atom stereocenters. The summed E-state index contributed by atoms with van der Waals surface area (Å²) in [5, 5.41) is 6.20. The van der Waals surface area contributed by atoms with Crippen molar-refractivity contribution in [3.05, 3.63) is 60.2 Å². The lowest BCUT2D eigenvalue weighted by Crippen LogP contribution is -2.25. The summed E-state index contributed by atoms with van der Waals surface area (Å²) in [5.74, 6) is -0.294. The molecule has 0 fully saturated rings. The van der Waals surface area contributed by atoms with Gasteiger partial charge in [-0.05, 0) is 37.1 Å². The van der Waals surface area contributed by atoms with Crippen LogP contribution >= 0.6 is 0 Å². The minimum absolute atomic E-state index is 0.105. The third kappa shape index (κ3) is 6.30. The van der Waals surface area contributed by atoms with Crippen LogP contribution in [0.3, 0.4) is 0 Å². The maximum Gasteiger partial charge on any atom is 0.305 e. The predicted molar refractivity (Wildman–Crippen MR) is 99.0 cm³/mol. The monoisotopic (exact) mass is 340 g/mol. The Morgan fingerprint density at radius 3 is 2.40 bits per heavy atom. The molecule has 0 aromatic heterocycles. The molecule has 1 amide bonds. The molecule has 0 aliphatic rings. The summed E-state index contributed by atoms with van der Waals surface area (Å²) in [7, 11) is 1.39. The fourth-order valence-electron chi connectivity index (χ4n) is 2.44. The summed E-state index contributed by atoms with van der Waals surface area (Å²) >= 11 is 0. The van der Waals surface area contributed by atoms with E-state index in [1.165, 1.54) is 7.11 Å². The number of amides is 1. The van der Waals surface area contributed by atoms with E-state index in [1.54, 1.807) is 6.07 Å². The largest absolute Gasteiger partial charge is 0.469 e. The molecule has 25 heavy (non-hydrogen) atoms. The smallest absolute Gasteiger partial charge is 0.305 e. The number of rotatable bonds is 9. The average Bonchev–Trinajstić information content (AvgIpc) is 2.65. The number of para-hydroxylation sites is 2. The van der Waals surface area contributed by atoms with Crippen molar-refractivity contribution < 1.29 is 14.3 Å². The maximum absolute atomic E-state index is 12.4. The van der Waals surface area contributed by atoms with Gasteiger partial charge in [-0.1, -0.05) is 36.8 Å². The highest BCUT2D eigenvalue weighted by Gasteiger charge is 2.10. The van der Waals surface area contributed by atoms with Gasteiger partial charge in [0.25, 0.3) is 5.91 Å². The number of carbonyl (C=O) groups excluding carboxylic acids is 2. The molecule has 0 radical (unpaired) electrons. The molecule has 0 aliphatic carbocycles. The fourth-order valence-corrected chi connectivity index (χ4v) is 2.44. The molecule has 2 N–H and O–H groups in total. The Morgan fingerprint density at radius 2 is 1.64 bits per heavy atom. The van der Waals surface area contributed by atoms with E-state index in [-0.39, 0.29) is 11.9 Å². The van der Waals surface area contributed by atoms with E-state index < -0.39 is 0 Å². The van der Waals surface area contributed by atoms with Crippen LogP contribution in [0.4, 0.5) is 11.4 Å². The molecular weight excluding hydrogens is 316 g/mol. The van der Waals surface area contributed by atoms with E-state index >= 15 is 0 Å². The van der Waals surface area contributed by atoms with Crippen LogP contribution in [0.25, 0.3) is 0 Å². The number of unbranched alkanes of at least 4 members (excludes halogenated alkanes) is 2. The van der Waals surface area contributed by atoms with Crippen LogP contribution in [-0.4, -0.2) is 25.5 Å². The Balaban J connectivity index is 1.82. The first kappa shape index (κ1) is 18.5. The van der Waals surface area contributed by atoms with E-state index in [0.717, 1.165) is 30.6 Å². The number of hydrogen-bond donors (Lipinski definition) is 2. The lowest BCUT2D eigenvalue weighted by Gasteiger charge is -2.12. The third-order valence-corrected chi connectivity index (χ3v) is 3.80. The second kappa shape index (κ2) is 10.1. The van der Waals surface area contributed by atoms with E-state index in [2.05, 4.69) is 15.4 Å². The summed E-state index contributed by atoms with van der Waals surface area (Å²) in [4.78, 5) is 23.4. The Labute approximate surface area is 148 Å². The lowest BCUT2D eigenvalue weighted by atomic mass is 10.1. The second-order valence-electron chi connectivity index (χ2n) is 5.68. The molecule has 0 saturated carbocycles. The Morgan fingerprint density at radius 1 is 0.920 bits per heavy atom. The summed E-state index contributed by atoms with van der Waals surface area (Å²) in [6.07, 6.45) is 2.90. The number of esters is 1. The molecule has 132 valence electrons. The van der Waals surface area contributed by atoms with E-state index in [0.29, 0.717) is 18.5 Å². The van der Waals surface area contributed by atoms with Crippen LogP contribution in [0.1, 0.15) is 36.0 Å². The molecule has 0 bridgehead atoms. The Bertz CT molecular complexity index is 686. The maximum atomic E-state index is 12.4. The van der Waals surface area contributed by atoms with Crippen molar-refractivity contribution in [1.82, 2.24) is 5.32 Å². The van der Waals surface area contributed by atoms with Gasteiger partial charge in [-0.25, -0.2) is 0 Å². The van der Waals surface area contributed by atoms with Crippen LogP contribution in [-0.2, 0) is 9.53 Å². The first-order valence-corrected chi connectivity index (χ1v) is 8.47. The number of nitrogens with one attached hydrogen (secondary N) is 2. The minimum Gasteiger partial charge on any atom is -0.469 e. The highest BCUT2D eigenvalue weighted by Crippen LogP contribution is 2.20. The SMILES string of the molecule is COC(=O)CCCCCNC(=O)c1ccccc1Nc1ccccc1. The number of anilines is 2. The molecule has 0 heterocycles. The highest BCUT2D eigenvalue weighted by atomic mass is 16.5. The zero-order valence-corrected chi connectivity index (χ0v) is 14.5. The third-order valence-electron chi connectivity index (χ3n) is 3.80. The van der Waals surface area contributed by atoms with Crippen LogP contribution < -0.4 is 10.6 Å². The molecule has 2 aromatic carbocycles. The van der Waals surface area contributed by atoms with Crippen molar-refractivity contribution in [1.29, 1.82) is 0 Å². The van der Waals surface area contributed by atoms with E-state index in [1.807, 2.05) is 48.5 Å². The number of methoxy groups -OCH3 is 1. The van der Waals surface area contributed by atoms with Gasteiger partial charge in [-0.15, -0.1) is 0 Å². The molecule has 0 saturated heterocycles. The van der Waals surface area contributed by atoms with E-state index in [9.17, 15) is 9.59 Å². The van der Waals surface area contributed by atoms with Crippen LogP contribution in [0.5, 0.6) is 0 Å². The summed E-state index contributed by atoms with van der Waals surface area (Å²) in [6.45, 7) is 0.583. The molecule has 2 rings (SSSR count). The number of ether oxygens (including phenoxy) is 1. The van der Waals surface area contributed by atoms with Gasteiger partial charge in [0.05, 0.1) is 18.4 Å². The van der Waals surface area contributed by atoms with Crippen molar-refractivity contribution in [2.75, 3.05) is 19.0 Å². The Kier molecular flexibility index (Phi) is 7.50. The van der Waals surface area contributed by atoms with Gasteiger partial charge in [0.15, 0.2) is 0 Å². The summed E-state index contributed by atoms with van der Waals surface area (Å²) in [6, 6.07) is 17.2. The quantitative estimate of drug-likeness (QED) is 0.537. The molecule has 2 aromatic rings. The van der Waals surface area contributed by atoms with Crippen molar-refractivity contribution in [3.63, 3.8) is 0 Å². The van der Waals surface area contributed by atoms with Crippen LogP contribution in [0.2, 0.25) is 0 Å². The van der Waals surface area contributed by atoms with E-state index in [4.69, 9.17) is 0 Å². The predicted octanol–water partition coefficient (Wildman–Crippen LogP) is 3.89. The van der Waals surface area contributed by atoms with Gasteiger partial charge in [0, 0.05) is 18.7 Å². The standard InChI is InChI=1S/C20H24N2O3/c1-25-19(23)14-6-3-9-15-21-20(24)17-12-7-8-13-18(17)22-16-10-4-2-5-11-16/h2,4-5,7-8,10-13,22H,3,6,9,14-15H2,1H3,(H,21,24). The van der Waals surface area contributed by atoms with Crippen LogP contribution in [0, 0.1) is 0 Å². The minimum atomic E-state index is -0.190. The van der Waals surface area contributed by atoms with Gasteiger partial charge in [0.2, 0.25) is 0 Å². The van der Waals surface area contributed by atoms with Crippen molar-refractivity contribution in [2.45, 2.75) is 25.7 Å². The van der Waals surface area contributed by atoms with Crippen molar-refractivity contribution >= 4 is 23.3 Å². The average molecular weight is 340 g/mol. The lowest BCUT2D eigenvalue weighted by molar-refractivity contribution is -0.140. The van der Waals surface area contributed by atoms with Gasteiger partial charge < -0.3 is 15.4 Å². The number of carbonyl (C=O) groups is 2. The molecule has 5 nitrogen and oxygen atoms in total. The molecular formula is C20H24N2O3. The van der Waals surface area contributed by atoms with Gasteiger partial charge in [-0.2, -0.15) is 0 Å². The molecule has 0 spiro atoms. The zero-order chi connectivity index (χ0) is 17.9. The first-order chi connectivity index (χ1) is 12.2. The second-order valence-corrected chi connectivity index (χ2v) is 5.68. The van der Waals surface area contributed by atoms with Gasteiger partial charge in [-0.3, -0.25) is 9.59 Å². The van der Waals surface area contributed by atoms with Crippen molar-refractivity contribution in [2.24, 2.45) is 0 Å².